The van der Waals surface area contributed by atoms with E-state index in [1.165, 1.54) is 0 Å². The maximum atomic E-state index is 12.1. The molecule has 1 amide bonds. The molecule has 1 aromatic rings. The number of thioether (sulfide) groups is 1. The largest absolute Gasteiger partial charge is 0.349 e. The number of carbonyl (C=O) groups excluding carboxylic acids is 1. The smallest absolute Gasteiger partial charge is 0.252 e. The van der Waals surface area contributed by atoms with E-state index < -0.39 is 0 Å². The minimum absolute atomic E-state index is 0.0144. The summed E-state index contributed by atoms with van der Waals surface area (Å²) in [5.74, 6) is 2.26. The summed E-state index contributed by atoms with van der Waals surface area (Å²) >= 11 is 9.64. The molecular formula is C12H14BrNOS2. The molecule has 1 fully saturated rings. The highest BCUT2D eigenvalue weighted by Crippen LogP contribution is 2.21. The molecule has 1 N–H and O–H groups in total. The van der Waals surface area contributed by atoms with Crippen molar-refractivity contribution < 1.29 is 4.79 Å². The molecule has 0 bridgehead atoms. The summed E-state index contributed by atoms with van der Waals surface area (Å²) in [7, 11) is 0. The first-order valence-corrected chi connectivity index (χ1v) is 7.93. The number of thiol groups is 1. The molecule has 1 aromatic carbocycles. The number of hydrogen-bond acceptors (Lipinski definition) is 3. The van der Waals surface area contributed by atoms with Crippen molar-refractivity contribution in [1.29, 1.82) is 0 Å². The highest BCUT2D eigenvalue weighted by atomic mass is 79.9. The van der Waals surface area contributed by atoms with E-state index in [1.54, 1.807) is 6.07 Å². The van der Waals surface area contributed by atoms with Crippen LogP contribution in [0.15, 0.2) is 27.6 Å². The average molecular weight is 332 g/mol. The van der Waals surface area contributed by atoms with Crippen LogP contribution in [0.25, 0.3) is 0 Å². The van der Waals surface area contributed by atoms with Crippen molar-refractivity contribution >= 4 is 46.2 Å². The standard InChI is InChI=1S/C12H14BrNOS2/c13-8-1-2-10(11(16)7-8)12(15)14-9-3-5-17-6-4-9/h1-2,7,9,16H,3-6H2,(H,14,15). The van der Waals surface area contributed by atoms with Crippen LogP contribution in [0.5, 0.6) is 0 Å². The van der Waals surface area contributed by atoms with Gasteiger partial charge in [0, 0.05) is 15.4 Å². The summed E-state index contributed by atoms with van der Waals surface area (Å²) in [6, 6.07) is 5.83. The number of benzene rings is 1. The number of amides is 1. The quantitative estimate of drug-likeness (QED) is 0.813. The Kier molecular flexibility index (Phi) is 4.82. The zero-order chi connectivity index (χ0) is 12.3. The Morgan fingerprint density at radius 1 is 1.41 bits per heavy atom. The normalized spacial score (nSPS) is 16.8. The minimum atomic E-state index is -0.0144. The van der Waals surface area contributed by atoms with Crippen LogP contribution >= 0.6 is 40.3 Å². The summed E-state index contributed by atoms with van der Waals surface area (Å²) in [5, 5.41) is 3.08. The van der Waals surface area contributed by atoms with E-state index in [9.17, 15) is 4.79 Å². The van der Waals surface area contributed by atoms with Crippen molar-refractivity contribution in [2.24, 2.45) is 0 Å². The molecule has 2 nitrogen and oxygen atoms in total. The molecule has 92 valence electrons. The van der Waals surface area contributed by atoms with Gasteiger partial charge in [0.2, 0.25) is 0 Å². The van der Waals surface area contributed by atoms with Crippen molar-refractivity contribution in [1.82, 2.24) is 5.32 Å². The Labute approximate surface area is 119 Å². The Morgan fingerprint density at radius 2 is 2.12 bits per heavy atom. The van der Waals surface area contributed by atoms with Gasteiger partial charge in [0.15, 0.2) is 0 Å². The molecule has 5 heteroatoms. The van der Waals surface area contributed by atoms with Gasteiger partial charge in [0.1, 0.15) is 0 Å². The van der Waals surface area contributed by atoms with Crippen LogP contribution in [0.2, 0.25) is 0 Å². The zero-order valence-corrected chi connectivity index (χ0v) is 12.6. The third-order valence-electron chi connectivity index (χ3n) is 2.76. The van der Waals surface area contributed by atoms with Crippen LogP contribution in [0.4, 0.5) is 0 Å². The van der Waals surface area contributed by atoms with Gasteiger partial charge in [-0.3, -0.25) is 4.79 Å². The van der Waals surface area contributed by atoms with Crippen LogP contribution in [0.1, 0.15) is 23.2 Å². The van der Waals surface area contributed by atoms with E-state index >= 15 is 0 Å². The Hall–Kier alpha value is -0.130. The van der Waals surface area contributed by atoms with E-state index in [0.29, 0.717) is 16.5 Å². The topological polar surface area (TPSA) is 29.1 Å². The van der Waals surface area contributed by atoms with Gasteiger partial charge in [-0.25, -0.2) is 0 Å². The van der Waals surface area contributed by atoms with Crippen molar-refractivity contribution in [2.45, 2.75) is 23.8 Å². The second-order valence-corrected chi connectivity index (χ2v) is 6.64. The van der Waals surface area contributed by atoms with Crippen molar-refractivity contribution in [2.75, 3.05) is 11.5 Å². The fourth-order valence-corrected chi connectivity index (χ4v) is 3.76. The summed E-state index contributed by atoms with van der Waals surface area (Å²) in [4.78, 5) is 12.8. The lowest BCUT2D eigenvalue weighted by Gasteiger charge is -2.22. The van der Waals surface area contributed by atoms with Crippen LogP contribution in [0.3, 0.4) is 0 Å². The molecule has 1 aliphatic rings. The molecule has 0 spiro atoms. The van der Waals surface area contributed by atoms with E-state index in [1.807, 2.05) is 23.9 Å². The number of hydrogen-bond donors (Lipinski definition) is 2. The van der Waals surface area contributed by atoms with Crippen LogP contribution < -0.4 is 5.32 Å². The lowest BCUT2D eigenvalue weighted by molar-refractivity contribution is 0.0932. The molecule has 0 aromatic heterocycles. The van der Waals surface area contributed by atoms with Gasteiger partial charge in [-0.05, 0) is 42.5 Å². The average Bonchev–Trinajstić information content (AvgIpc) is 2.30. The van der Waals surface area contributed by atoms with Crippen molar-refractivity contribution in [3.8, 4) is 0 Å². The molecule has 17 heavy (non-hydrogen) atoms. The van der Waals surface area contributed by atoms with Crippen LogP contribution in [0, 0.1) is 0 Å². The van der Waals surface area contributed by atoms with Crippen molar-refractivity contribution in [3.63, 3.8) is 0 Å². The highest BCUT2D eigenvalue weighted by Gasteiger charge is 2.18. The third-order valence-corrected chi connectivity index (χ3v) is 4.67. The Morgan fingerprint density at radius 3 is 2.76 bits per heavy atom. The van der Waals surface area contributed by atoms with Gasteiger partial charge >= 0.3 is 0 Å². The molecule has 0 aliphatic carbocycles. The van der Waals surface area contributed by atoms with Crippen LogP contribution in [-0.4, -0.2) is 23.5 Å². The predicted molar refractivity (Wildman–Crippen MR) is 79.2 cm³/mol. The lowest BCUT2D eigenvalue weighted by atomic mass is 10.1. The van der Waals surface area contributed by atoms with E-state index in [0.717, 1.165) is 28.8 Å². The maximum absolute atomic E-state index is 12.1. The summed E-state index contributed by atoms with van der Waals surface area (Å²) < 4.78 is 0.938. The highest BCUT2D eigenvalue weighted by molar-refractivity contribution is 9.10. The number of halogens is 1. The SMILES string of the molecule is O=C(NC1CCSCC1)c1ccc(Br)cc1S. The molecule has 1 aliphatic heterocycles. The predicted octanol–water partition coefficient (Wildman–Crippen LogP) is 3.36. The lowest BCUT2D eigenvalue weighted by Crippen LogP contribution is -2.37. The van der Waals surface area contributed by atoms with Gasteiger partial charge in [0.05, 0.1) is 5.56 Å². The number of carbonyl (C=O) groups is 1. The first-order chi connectivity index (χ1) is 8.16. The summed E-state index contributed by atoms with van der Waals surface area (Å²) in [6.07, 6.45) is 2.13. The maximum Gasteiger partial charge on any atom is 0.252 e. The molecule has 1 heterocycles. The minimum Gasteiger partial charge on any atom is -0.349 e. The van der Waals surface area contributed by atoms with Crippen LogP contribution in [-0.2, 0) is 0 Å². The second-order valence-electron chi connectivity index (χ2n) is 4.02. The van der Waals surface area contributed by atoms with Gasteiger partial charge in [-0.15, -0.1) is 12.6 Å². The van der Waals surface area contributed by atoms with Gasteiger partial charge in [-0.1, -0.05) is 15.9 Å². The van der Waals surface area contributed by atoms with Crippen molar-refractivity contribution in [3.05, 3.63) is 28.2 Å². The van der Waals surface area contributed by atoms with E-state index in [-0.39, 0.29) is 5.91 Å². The summed E-state index contributed by atoms with van der Waals surface area (Å²) in [6.45, 7) is 0. The van der Waals surface area contributed by atoms with Gasteiger partial charge in [-0.2, -0.15) is 11.8 Å². The monoisotopic (exact) mass is 331 g/mol. The fraction of sp³-hybridized carbons (Fsp3) is 0.417. The molecular weight excluding hydrogens is 318 g/mol. The van der Waals surface area contributed by atoms with Gasteiger partial charge < -0.3 is 5.32 Å². The second kappa shape index (κ2) is 6.16. The van der Waals surface area contributed by atoms with E-state index in [4.69, 9.17) is 0 Å². The number of nitrogens with one attached hydrogen (secondary N) is 1. The molecule has 0 saturated carbocycles. The number of rotatable bonds is 2. The third kappa shape index (κ3) is 3.66. The Balaban J connectivity index is 2.03. The molecule has 2 rings (SSSR count). The molecule has 1 saturated heterocycles. The zero-order valence-electron chi connectivity index (χ0n) is 9.28. The molecule has 0 unspecified atom stereocenters. The first-order valence-electron chi connectivity index (χ1n) is 5.54. The molecule has 0 radical (unpaired) electrons. The Bertz CT molecular complexity index is 419. The first kappa shape index (κ1) is 13.3. The fourth-order valence-electron chi connectivity index (χ4n) is 1.80. The molecule has 0 atom stereocenters. The van der Waals surface area contributed by atoms with E-state index in [2.05, 4.69) is 33.9 Å². The van der Waals surface area contributed by atoms with Gasteiger partial charge in [0.25, 0.3) is 5.91 Å². The summed E-state index contributed by atoms with van der Waals surface area (Å²) in [5.41, 5.74) is 0.648.